The number of carbonyl (C=O) groups excluding carboxylic acids is 1. The first kappa shape index (κ1) is 14.6. The first-order valence-corrected chi connectivity index (χ1v) is 8.28. The maximum atomic E-state index is 12.8. The van der Waals surface area contributed by atoms with Crippen LogP contribution in [0.4, 0.5) is 0 Å². The van der Waals surface area contributed by atoms with Crippen molar-refractivity contribution in [1.29, 1.82) is 0 Å². The third-order valence-electron chi connectivity index (χ3n) is 5.46. The molecule has 3 rings (SSSR count). The van der Waals surface area contributed by atoms with Gasteiger partial charge in [0.1, 0.15) is 0 Å². The fraction of sp³-hybridized carbons (Fsp3) is 0.611. The molecule has 21 heavy (non-hydrogen) atoms. The molecule has 2 aliphatic carbocycles. The minimum Gasteiger partial charge on any atom is -0.353 e. The van der Waals surface area contributed by atoms with E-state index in [1.165, 1.54) is 18.4 Å². The van der Waals surface area contributed by atoms with Crippen molar-refractivity contribution >= 4 is 5.91 Å². The molecule has 1 amide bonds. The molecule has 0 aliphatic heterocycles. The molecule has 0 heterocycles. The Hall–Kier alpha value is -1.35. The molecule has 3 N–H and O–H groups in total. The molecule has 0 bridgehead atoms. The van der Waals surface area contributed by atoms with Crippen LogP contribution in [0, 0.1) is 11.3 Å². The molecule has 114 valence electrons. The quantitative estimate of drug-likeness (QED) is 0.874. The topological polar surface area (TPSA) is 55.1 Å². The van der Waals surface area contributed by atoms with Crippen LogP contribution in [0.1, 0.15) is 44.1 Å². The summed E-state index contributed by atoms with van der Waals surface area (Å²) < 4.78 is 0. The van der Waals surface area contributed by atoms with Crippen LogP contribution in [0.3, 0.4) is 0 Å². The van der Waals surface area contributed by atoms with Crippen molar-refractivity contribution in [3.8, 4) is 0 Å². The van der Waals surface area contributed by atoms with Gasteiger partial charge in [-0.3, -0.25) is 4.79 Å². The Morgan fingerprint density at radius 3 is 2.57 bits per heavy atom. The lowest BCUT2D eigenvalue weighted by Crippen LogP contribution is -2.51. The van der Waals surface area contributed by atoms with Crippen LogP contribution in [-0.4, -0.2) is 18.5 Å². The second-order valence-corrected chi connectivity index (χ2v) is 6.80. The molecular weight excluding hydrogens is 260 g/mol. The van der Waals surface area contributed by atoms with E-state index >= 15 is 0 Å². The third kappa shape index (κ3) is 2.98. The van der Waals surface area contributed by atoms with E-state index < -0.39 is 0 Å². The SMILES string of the molecule is NCC1CCCC1NC(=O)C1(Cc2ccccc2)CCC1. The fourth-order valence-corrected chi connectivity index (χ4v) is 3.90. The van der Waals surface area contributed by atoms with Gasteiger partial charge in [0.2, 0.25) is 5.91 Å². The van der Waals surface area contributed by atoms with Crippen LogP contribution in [0.25, 0.3) is 0 Å². The van der Waals surface area contributed by atoms with E-state index in [9.17, 15) is 4.79 Å². The van der Waals surface area contributed by atoms with E-state index in [2.05, 4.69) is 29.6 Å². The summed E-state index contributed by atoms with van der Waals surface area (Å²) in [4.78, 5) is 12.8. The number of carbonyl (C=O) groups is 1. The van der Waals surface area contributed by atoms with E-state index in [1.54, 1.807) is 0 Å². The van der Waals surface area contributed by atoms with Gasteiger partial charge in [-0.25, -0.2) is 0 Å². The maximum Gasteiger partial charge on any atom is 0.226 e. The molecule has 1 aromatic carbocycles. The second kappa shape index (κ2) is 6.18. The Bertz CT molecular complexity index is 481. The molecular formula is C18H26N2O. The number of nitrogens with one attached hydrogen (secondary N) is 1. The Morgan fingerprint density at radius 1 is 1.19 bits per heavy atom. The first-order valence-electron chi connectivity index (χ1n) is 8.28. The van der Waals surface area contributed by atoms with Crippen LogP contribution in [0.2, 0.25) is 0 Å². The van der Waals surface area contributed by atoms with Crippen molar-refractivity contribution in [2.24, 2.45) is 17.1 Å². The predicted octanol–water partition coefficient (Wildman–Crippen LogP) is 2.64. The number of hydrogen-bond donors (Lipinski definition) is 2. The minimum absolute atomic E-state index is 0.164. The van der Waals surface area contributed by atoms with Gasteiger partial charge >= 0.3 is 0 Å². The predicted molar refractivity (Wildman–Crippen MR) is 84.8 cm³/mol. The van der Waals surface area contributed by atoms with Gasteiger partial charge in [0, 0.05) is 6.04 Å². The normalized spacial score (nSPS) is 27.1. The first-order chi connectivity index (χ1) is 10.2. The molecule has 2 aliphatic rings. The van der Waals surface area contributed by atoms with Crippen molar-refractivity contribution in [3.05, 3.63) is 35.9 Å². The van der Waals surface area contributed by atoms with Crippen LogP contribution in [-0.2, 0) is 11.2 Å². The Balaban J connectivity index is 1.66. The van der Waals surface area contributed by atoms with E-state index in [1.807, 2.05) is 6.07 Å². The van der Waals surface area contributed by atoms with E-state index in [0.29, 0.717) is 18.5 Å². The van der Waals surface area contributed by atoms with Gasteiger partial charge in [-0.15, -0.1) is 0 Å². The van der Waals surface area contributed by atoms with Gasteiger partial charge < -0.3 is 11.1 Å². The van der Waals surface area contributed by atoms with Crippen molar-refractivity contribution in [1.82, 2.24) is 5.32 Å². The van der Waals surface area contributed by atoms with Gasteiger partial charge in [0.05, 0.1) is 5.41 Å². The molecule has 1 aromatic rings. The van der Waals surface area contributed by atoms with E-state index in [0.717, 1.165) is 32.1 Å². The summed E-state index contributed by atoms with van der Waals surface area (Å²) in [5.41, 5.74) is 6.94. The zero-order valence-corrected chi connectivity index (χ0v) is 12.7. The molecule has 2 unspecified atom stereocenters. The summed E-state index contributed by atoms with van der Waals surface area (Å²) in [6.07, 6.45) is 7.53. The number of rotatable bonds is 5. The van der Waals surface area contributed by atoms with Crippen LogP contribution in [0.15, 0.2) is 30.3 Å². The summed E-state index contributed by atoms with van der Waals surface area (Å²) >= 11 is 0. The lowest BCUT2D eigenvalue weighted by Gasteiger charge is -2.41. The Morgan fingerprint density at radius 2 is 1.95 bits per heavy atom. The number of nitrogens with two attached hydrogens (primary N) is 1. The average molecular weight is 286 g/mol. The van der Waals surface area contributed by atoms with Gasteiger partial charge in [-0.05, 0) is 50.1 Å². The smallest absolute Gasteiger partial charge is 0.226 e. The molecule has 2 atom stereocenters. The van der Waals surface area contributed by atoms with E-state index in [4.69, 9.17) is 5.73 Å². The standard InChI is InChI=1S/C18H26N2O/c19-13-15-8-4-9-16(15)20-17(21)18(10-5-11-18)12-14-6-2-1-3-7-14/h1-3,6-7,15-16H,4-5,8-13,19H2,(H,20,21). The summed E-state index contributed by atoms with van der Waals surface area (Å²) in [7, 11) is 0. The Kier molecular flexibility index (Phi) is 4.29. The minimum atomic E-state index is -0.164. The summed E-state index contributed by atoms with van der Waals surface area (Å²) in [5.74, 6) is 0.741. The van der Waals surface area contributed by atoms with Crippen molar-refractivity contribution < 1.29 is 4.79 Å². The van der Waals surface area contributed by atoms with Gasteiger partial charge in [0.15, 0.2) is 0 Å². The molecule has 0 aromatic heterocycles. The molecule has 2 saturated carbocycles. The van der Waals surface area contributed by atoms with Gasteiger partial charge in [0.25, 0.3) is 0 Å². The summed E-state index contributed by atoms with van der Waals surface area (Å²) in [5, 5.41) is 3.32. The zero-order chi connectivity index (χ0) is 14.7. The average Bonchev–Trinajstić information content (AvgIpc) is 2.91. The van der Waals surface area contributed by atoms with Crippen LogP contribution < -0.4 is 11.1 Å². The number of amides is 1. The number of benzene rings is 1. The van der Waals surface area contributed by atoms with E-state index in [-0.39, 0.29) is 11.3 Å². The highest BCUT2D eigenvalue weighted by Crippen LogP contribution is 2.44. The maximum absolute atomic E-state index is 12.8. The zero-order valence-electron chi connectivity index (χ0n) is 12.7. The molecule has 0 radical (unpaired) electrons. The van der Waals surface area contributed by atoms with Crippen LogP contribution >= 0.6 is 0 Å². The summed E-state index contributed by atoms with van der Waals surface area (Å²) in [6.45, 7) is 0.691. The second-order valence-electron chi connectivity index (χ2n) is 6.80. The molecule has 3 nitrogen and oxygen atoms in total. The monoisotopic (exact) mass is 286 g/mol. The lowest BCUT2D eigenvalue weighted by molar-refractivity contribution is -0.137. The fourth-order valence-electron chi connectivity index (χ4n) is 3.90. The van der Waals surface area contributed by atoms with Gasteiger partial charge in [-0.1, -0.05) is 43.2 Å². The molecule has 3 heteroatoms. The molecule has 2 fully saturated rings. The third-order valence-corrected chi connectivity index (χ3v) is 5.46. The lowest BCUT2D eigenvalue weighted by atomic mass is 9.64. The molecule has 0 spiro atoms. The largest absolute Gasteiger partial charge is 0.353 e. The molecule has 0 saturated heterocycles. The Labute approximate surface area is 127 Å². The van der Waals surface area contributed by atoms with Crippen molar-refractivity contribution in [2.75, 3.05) is 6.54 Å². The highest BCUT2D eigenvalue weighted by molar-refractivity contribution is 5.84. The van der Waals surface area contributed by atoms with Crippen molar-refractivity contribution in [3.63, 3.8) is 0 Å². The highest BCUT2D eigenvalue weighted by Gasteiger charge is 2.45. The summed E-state index contributed by atoms with van der Waals surface area (Å²) in [6, 6.07) is 10.7. The van der Waals surface area contributed by atoms with Crippen LogP contribution in [0.5, 0.6) is 0 Å². The van der Waals surface area contributed by atoms with Crippen molar-refractivity contribution in [2.45, 2.75) is 51.0 Å². The highest BCUT2D eigenvalue weighted by atomic mass is 16.2. The van der Waals surface area contributed by atoms with Gasteiger partial charge in [-0.2, -0.15) is 0 Å². The number of hydrogen-bond acceptors (Lipinski definition) is 2.